The lowest BCUT2D eigenvalue weighted by Crippen LogP contribution is -2.24. The Morgan fingerprint density at radius 1 is 1.23 bits per heavy atom. The molecule has 1 aromatic heterocycles. The van der Waals surface area contributed by atoms with Crippen molar-refractivity contribution in [3.63, 3.8) is 0 Å². The van der Waals surface area contributed by atoms with Crippen LogP contribution in [-0.2, 0) is 4.79 Å². The van der Waals surface area contributed by atoms with E-state index in [1.54, 1.807) is 30.3 Å². The van der Waals surface area contributed by atoms with Crippen molar-refractivity contribution in [2.24, 2.45) is 5.10 Å². The number of hydrogen-bond acceptors (Lipinski definition) is 7. The fourth-order valence-electron chi connectivity index (χ4n) is 3.88. The van der Waals surface area contributed by atoms with Crippen LogP contribution in [0.15, 0.2) is 75.0 Å². The van der Waals surface area contributed by atoms with Gasteiger partial charge in [0.25, 0.3) is 11.5 Å². The molecule has 0 spiro atoms. The molecule has 0 aliphatic rings. The third-order valence-electron chi connectivity index (χ3n) is 6.19. The van der Waals surface area contributed by atoms with Crippen LogP contribution >= 0.6 is 15.9 Å². The van der Waals surface area contributed by atoms with Gasteiger partial charge in [0.05, 0.1) is 22.0 Å². The summed E-state index contributed by atoms with van der Waals surface area (Å²) >= 11 is 3.39. The predicted molar refractivity (Wildman–Crippen MR) is 154 cm³/mol. The minimum Gasteiger partial charge on any atom is -0.476 e. The van der Waals surface area contributed by atoms with Gasteiger partial charge in [-0.2, -0.15) is 9.78 Å². The van der Waals surface area contributed by atoms with Crippen LogP contribution in [0.25, 0.3) is 10.9 Å². The average molecular weight is 592 g/mol. The number of nitro benzene ring substituents is 1. The van der Waals surface area contributed by atoms with E-state index in [0.29, 0.717) is 28.8 Å². The summed E-state index contributed by atoms with van der Waals surface area (Å²) in [6, 6.07) is 16.8. The molecular weight excluding hydrogens is 566 g/mol. The van der Waals surface area contributed by atoms with E-state index in [2.05, 4.69) is 31.3 Å². The highest BCUT2D eigenvalue weighted by molar-refractivity contribution is 9.10. The summed E-state index contributed by atoms with van der Waals surface area (Å²) in [5.74, 6) is -0.251. The van der Waals surface area contributed by atoms with Crippen LogP contribution in [0.2, 0.25) is 0 Å². The first-order chi connectivity index (χ1) is 18.7. The lowest BCUT2D eigenvalue weighted by molar-refractivity contribution is -0.385. The van der Waals surface area contributed by atoms with Crippen LogP contribution in [0.5, 0.6) is 5.75 Å². The molecule has 11 heteroatoms. The fourth-order valence-corrected chi connectivity index (χ4v) is 4.24. The lowest BCUT2D eigenvalue weighted by atomic mass is 10.1. The molecule has 1 amide bonds. The zero-order chi connectivity index (χ0) is 28.1. The molecule has 39 heavy (non-hydrogen) atoms. The second-order valence-electron chi connectivity index (χ2n) is 8.91. The molecular formula is C28H26BrN5O5. The van der Waals surface area contributed by atoms with Gasteiger partial charge in [0, 0.05) is 27.7 Å². The van der Waals surface area contributed by atoms with Crippen molar-refractivity contribution in [1.82, 2.24) is 9.66 Å². The van der Waals surface area contributed by atoms with Gasteiger partial charge in [0.1, 0.15) is 5.82 Å². The minimum absolute atomic E-state index is 0.0890. The Kier molecular flexibility index (Phi) is 8.50. The number of carbonyl (C=O) groups excluding carboxylic acids is 1. The quantitative estimate of drug-likeness (QED) is 0.149. The lowest BCUT2D eigenvalue weighted by Gasteiger charge is -2.14. The molecule has 1 atom stereocenters. The number of nitrogens with zero attached hydrogens (tertiary/aromatic N) is 4. The van der Waals surface area contributed by atoms with Crippen molar-refractivity contribution in [2.75, 3.05) is 11.9 Å². The maximum atomic E-state index is 13.4. The largest absolute Gasteiger partial charge is 0.476 e. The second kappa shape index (κ2) is 12.0. The van der Waals surface area contributed by atoms with E-state index in [1.807, 2.05) is 39.0 Å². The number of nitro groups is 1. The average Bonchev–Trinajstić information content (AvgIpc) is 2.92. The maximum Gasteiger partial charge on any atom is 0.311 e. The Labute approximate surface area is 232 Å². The van der Waals surface area contributed by atoms with E-state index in [-0.39, 0.29) is 28.5 Å². The Hall–Kier alpha value is -4.38. The third kappa shape index (κ3) is 6.20. The Morgan fingerprint density at radius 3 is 2.72 bits per heavy atom. The molecule has 0 aliphatic heterocycles. The Balaban J connectivity index is 1.71. The fraction of sp³-hybridized carbons (Fsp3) is 0.214. The monoisotopic (exact) mass is 591 g/mol. The van der Waals surface area contributed by atoms with Crippen molar-refractivity contribution >= 4 is 50.3 Å². The van der Waals surface area contributed by atoms with Crippen molar-refractivity contribution in [2.45, 2.75) is 33.1 Å². The van der Waals surface area contributed by atoms with Gasteiger partial charge in [0.2, 0.25) is 5.75 Å². The second-order valence-corrected chi connectivity index (χ2v) is 9.82. The number of anilines is 1. The molecule has 1 N–H and O–H groups in total. The SMILES string of the molecule is CC[C@@H](C)c1nc2ccc(Br)cc2c(=O)n1N=Cc1cccc([N+](=O)[O-])c1OCC(=O)Nc1ccccc1C. The van der Waals surface area contributed by atoms with E-state index in [9.17, 15) is 19.7 Å². The van der Waals surface area contributed by atoms with Gasteiger partial charge in [0.15, 0.2) is 6.61 Å². The van der Waals surface area contributed by atoms with Crippen LogP contribution in [-0.4, -0.2) is 33.3 Å². The summed E-state index contributed by atoms with van der Waals surface area (Å²) in [6.45, 7) is 5.30. The van der Waals surface area contributed by atoms with Crippen LogP contribution in [0.3, 0.4) is 0 Å². The van der Waals surface area contributed by atoms with Crippen LogP contribution in [0, 0.1) is 17.0 Å². The normalized spacial score (nSPS) is 12.0. The van der Waals surface area contributed by atoms with Gasteiger partial charge in [-0.25, -0.2) is 4.98 Å². The van der Waals surface area contributed by atoms with Gasteiger partial charge in [-0.05, 0) is 49.2 Å². The first-order valence-corrected chi connectivity index (χ1v) is 13.0. The van der Waals surface area contributed by atoms with Crippen molar-refractivity contribution < 1.29 is 14.5 Å². The molecule has 3 aromatic carbocycles. The molecule has 0 bridgehead atoms. The number of carbonyl (C=O) groups is 1. The summed E-state index contributed by atoms with van der Waals surface area (Å²) in [7, 11) is 0. The highest BCUT2D eigenvalue weighted by atomic mass is 79.9. The molecule has 4 rings (SSSR count). The highest BCUT2D eigenvalue weighted by Crippen LogP contribution is 2.30. The zero-order valence-corrected chi connectivity index (χ0v) is 23.1. The number of rotatable bonds is 9. The van der Waals surface area contributed by atoms with Gasteiger partial charge in [-0.15, -0.1) is 0 Å². The number of aromatic nitrogens is 2. The number of fused-ring (bicyclic) bond motifs is 1. The summed E-state index contributed by atoms with van der Waals surface area (Å²) in [5, 5.41) is 19.3. The van der Waals surface area contributed by atoms with Crippen molar-refractivity contribution in [1.29, 1.82) is 0 Å². The van der Waals surface area contributed by atoms with Crippen LogP contribution in [0.1, 0.15) is 43.1 Å². The molecule has 10 nitrogen and oxygen atoms in total. The minimum atomic E-state index is -0.599. The summed E-state index contributed by atoms with van der Waals surface area (Å²) in [4.78, 5) is 41.8. The first-order valence-electron chi connectivity index (χ1n) is 12.2. The summed E-state index contributed by atoms with van der Waals surface area (Å²) in [6.07, 6.45) is 2.02. The van der Waals surface area contributed by atoms with E-state index in [1.165, 1.54) is 23.0 Å². The van der Waals surface area contributed by atoms with Gasteiger partial charge < -0.3 is 10.1 Å². The Bertz CT molecular complexity index is 1650. The number of halogens is 1. The van der Waals surface area contributed by atoms with Crippen molar-refractivity contribution in [3.8, 4) is 5.75 Å². The van der Waals surface area contributed by atoms with E-state index >= 15 is 0 Å². The molecule has 0 aliphatic carbocycles. The van der Waals surface area contributed by atoms with Crippen LogP contribution < -0.4 is 15.6 Å². The summed E-state index contributed by atoms with van der Waals surface area (Å²) < 4.78 is 7.58. The molecule has 0 unspecified atom stereocenters. The number of hydrogen-bond donors (Lipinski definition) is 1. The molecule has 1 heterocycles. The van der Waals surface area contributed by atoms with E-state index in [4.69, 9.17) is 4.74 Å². The molecule has 0 saturated carbocycles. The standard InChI is InChI=1S/C28H26BrN5O5/c1-4-17(2)27-32-23-13-12-20(29)14-21(23)28(36)33(27)30-15-19-9-7-11-24(34(37)38)26(19)39-16-25(35)31-22-10-6-5-8-18(22)3/h5-15,17H,4,16H2,1-3H3,(H,31,35)/t17-/m1/s1. The number of nitrogens with one attached hydrogen (secondary N) is 1. The number of amides is 1. The van der Waals surface area contributed by atoms with E-state index < -0.39 is 17.4 Å². The smallest absolute Gasteiger partial charge is 0.311 e. The van der Waals surface area contributed by atoms with Crippen molar-refractivity contribution in [3.05, 3.63) is 103 Å². The molecule has 200 valence electrons. The maximum absolute atomic E-state index is 13.4. The molecule has 0 fully saturated rings. The van der Waals surface area contributed by atoms with Gasteiger partial charge >= 0.3 is 5.69 Å². The molecule has 4 aromatic rings. The number of ether oxygens (including phenoxy) is 1. The van der Waals surface area contributed by atoms with Gasteiger partial charge in [-0.1, -0.05) is 54.0 Å². The highest BCUT2D eigenvalue weighted by Gasteiger charge is 2.21. The predicted octanol–water partition coefficient (Wildman–Crippen LogP) is 5.79. The zero-order valence-electron chi connectivity index (χ0n) is 21.6. The first kappa shape index (κ1) is 27.6. The molecule has 0 radical (unpaired) electrons. The van der Waals surface area contributed by atoms with E-state index in [0.717, 1.165) is 10.0 Å². The number of benzene rings is 3. The number of aryl methyl sites for hydroxylation is 1. The molecule has 0 saturated heterocycles. The Morgan fingerprint density at radius 2 is 2.00 bits per heavy atom. The topological polar surface area (TPSA) is 129 Å². The van der Waals surface area contributed by atoms with Gasteiger partial charge in [-0.3, -0.25) is 19.7 Å². The third-order valence-corrected chi connectivity index (χ3v) is 6.68. The summed E-state index contributed by atoms with van der Waals surface area (Å²) in [5.41, 5.74) is 1.54. The van der Waals surface area contributed by atoms with Crippen LogP contribution in [0.4, 0.5) is 11.4 Å². The number of para-hydroxylation sites is 2.